The Morgan fingerprint density at radius 2 is 2.56 bits per heavy atom. The van der Waals surface area contributed by atoms with Crippen molar-refractivity contribution in [1.82, 2.24) is 0 Å². The molecule has 1 unspecified atom stereocenters. The highest BCUT2D eigenvalue weighted by Crippen LogP contribution is 2.05. The van der Waals surface area contributed by atoms with E-state index < -0.39 is 0 Å². The molecule has 0 radical (unpaired) electrons. The summed E-state index contributed by atoms with van der Waals surface area (Å²) >= 11 is 3.12. The van der Waals surface area contributed by atoms with E-state index in [1.165, 1.54) is 0 Å². The van der Waals surface area contributed by atoms with E-state index in [0.717, 1.165) is 12.7 Å². The van der Waals surface area contributed by atoms with Crippen LogP contribution in [0.1, 0.15) is 13.3 Å². The summed E-state index contributed by atoms with van der Waals surface area (Å²) in [6.07, 6.45) is 1.86. The Hall–Kier alpha value is -0.310. The van der Waals surface area contributed by atoms with Gasteiger partial charge in [-0.15, -0.1) is 0 Å². The minimum atomic E-state index is -0.285. The number of rotatable bonds is 3. The Morgan fingerprint density at radius 3 is 2.89 bits per heavy atom. The van der Waals surface area contributed by atoms with Crippen LogP contribution in [0, 0.1) is 0 Å². The molecule has 0 spiro atoms. The van der Waals surface area contributed by atoms with E-state index in [-0.39, 0.29) is 10.8 Å². The molecule has 1 atom stereocenters. The number of carbonyl (C=O) groups excluding carboxylic acids is 1. The van der Waals surface area contributed by atoms with Crippen LogP contribution in [0.3, 0.4) is 0 Å². The van der Waals surface area contributed by atoms with Crippen LogP contribution in [0.15, 0.2) is 12.8 Å². The maximum Gasteiger partial charge on any atom is 0.324 e. The van der Waals surface area contributed by atoms with Gasteiger partial charge in [-0.25, -0.2) is 0 Å². The maximum atomic E-state index is 10.6. The van der Waals surface area contributed by atoms with Crippen LogP contribution in [0.4, 0.5) is 0 Å². The molecule has 0 aromatic carbocycles. The third-order valence-electron chi connectivity index (χ3n) is 0.814. The molecule has 0 rings (SSSR count). The zero-order valence-corrected chi connectivity index (χ0v) is 6.85. The summed E-state index contributed by atoms with van der Waals surface area (Å²) in [6, 6.07) is 0. The lowest BCUT2D eigenvalue weighted by molar-refractivity contribution is -0.137. The average Bonchev–Trinajstić information content (AvgIpc) is 1.87. The molecule has 0 fully saturated rings. The van der Waals surface area contributed by atoms with Crippen molar-refractivity contribution >= 4 is 21.9 Å². The monoisotopic (exact) mass is 192 g/mol. The Labute approximate surface area is 63.0 Å². The fraction of sp³-hybridized carbons (Fsp3) is 0.500. The van der Waals surface area contributed by atoms with Crippen molar-refractivity contribution in [1.29, 1.82) is 0 Å². The third-order valence-corrected chi connectivity index (χ3v) is 1.83. The van der Waals surface area contributed by atoms with Crippen molar-refractivity contribution in [3.05, 3.63) is 12.8 Å². The highest BCUT2D eigenvalue weighted by Gasteiger charge is 2.11. The van der Waals surface area contributed by atoms with Crippen LogP contribution in [0.5, 0.6) is 0 Å². The molecule has 2 nitrogen and oxygen atoms in total. The lowest BCUT2D eigenvalue weighted by Crippen LogP contribution is -2.13. The highest BCUT2D eigenvalue weighted by molar-refractivity contribution is 9.10. The van der Waals surface area contributed by atoms with Crippen molar-refractivity contribution in [2.24, 2.45) is 0 Å². The predicted molar refractivity (Wildman–Crippen MR) is 39.3 cm³/mol. The van der Waals surface area contributed by atoms with Gasteiger partial charge in [0.1, 0.15) is 4.83 Å². The van der Waals surface area contributed by atoms with Gasteiger partial charge in [-0.05, 0) is 6.42 Å². The minimum Gasteiger partial charge on any atom is -0.434 e. The zero-order chi connectivity index (χ0) is 7.28. The first-order valence-electron chi connectivity index (χ1n) is 2.67. The summed E-state index contributed by atoms with van der Waals surface area (Å²) in [5.74, 6) is -0.285. The van der Waals surface area contributed by atoms with Gasteiger partial charge in [0, 0.05) is 0 Å². The Bertz CT molecular complexity index is 112. The van der Waals surface area contributed by atoms with E-state index in [0.29, 0.717) is 0 Å². The summed E-state index contributed by atoms with van der Waals surface area (Å²) < 4.78 is 4.47. The van der Waals surface area contributed by atoms with Gasteiger partial charge in [-0.2, -0.15) is 0 Å². The van der Waals surface area contributed by atoms with Crippen molar-refractivity contribution < 1.29 is 9.53 Å². The SMILES string of the molecule is C=COC(=O)C(Br)CC. The van der Waals surface area contributed by atoms with Gasteiger partial charge in [0.2, 0.25) is 0 Å². The lowest BCUT2D eigenvalue weighted by atomic mass is 10.3. The van der Waals surface area contributed by atoms with Gasteiger partial charge in [-0.3, -0.25) is 4.79 Å². The van der Waals surface area contributed by atoms with Gasteiger partial charge in [0.25, 0.3) is 0 Å². The first kappa shape index (κ1) is 8.69. The summed E-state index contributed by atoms with van der Waals surface area (Å²) in [5.41, 5.74) is 0. The number of hydrogen-bond donors (Lipinski definition) is 0. The van der Waals surface area contributed by atoms with E-state index in [9.17, 15) is 4.79 Å². The standard InChI is InChI=1S/C6H9BrO2/c1-3-5(7)6(8)9-4-2/h4-5H,2-3H2,1H3. The second kappa shape index (κ2) is 4.56. The normalized spacial score (nSPS) is 12.2. The summed E-state index contributed by atoms with van der Waals surface area (Å²) in [4.78, 5) is 10.4. The summed E-state index contributed by atoms with van der Waals surface area (Å²) in [7, 11) is 0. The largest absolute Gasteiger partial charge is 0.434 e. The van der Waals surface area contributed by atoms with E-state index in [1.54, 1.807) is 0 Å². The van der Waals surface area contributed by atoms with E-state index >= 15 is 0 Å². The molecule has 3 heteroatoms. The van der Waals surface area contributed by atoms with Crippen LogP contribution in [-0.4, -0.2) is 10.8 Å². The Kier molecular flexibility index (Phi) is 4.40. The highest BCUT2D eigenvalue weighted by atomic mass is 79.9. The van der Waals surface area contributed by atoms with Crippen LogP contribution in [0.2, 0.25) is 0 Å². The van der Waals surface area contributed by atoms with Gasteiger partial charge < -0.3 is 4.74 Å². The molecule has 0 saturated heterocycles. The van der Waals surface area contributed by atoms with Crippen LogP contribution >= 0.6 is 15.9 Å². The van der Waals surface area contributed by atoms with Gasteiger partial charge >= 0.3 is 5.97 Å². The Balaban J connectivity index is 3.58. The summed E-state index contributed by atoms with van der Waals surface area (Å²) in [5, 5.41) is 0. The van der Waals surface area contributed by atoms with Crippen molar-refractivity contribution in [2.45, 2.75) is 18.2 Å². The Morgan fingerprint density at radius 1 is 2.00 bits per heavy atom. The van der Waals surface area contributed by atoms with Crippen LogP contribution in [0.25, 0.3) is 0 Å². The third kappa shape index (κ3) is 3.30. The molecule has 0 bridgehead atoms. The molecule has 0 heterocycles. The molecule has 0 aliphatic heterocycles. The fourth-order valence-corrected chi connectivity index (χ4v) is 0.431. The molecule has 0 N–H and O–H groups in total. The molecule has 0 aromatic rings. The smallest absolute Gasteiger partial charge is 0.324 e. The van der Waals surface area contributed by atoms with Gasteiger partial charge in [0.05, 0.1) is 6.26 Å². The lowest BCUT2D eigenvalue weighted by Gasteiger charge is -2.01. The van der Waals surface area contributed by atoms with Crippen molar-refractivity contribution in [2.75, 3.05) is 0 Å². The molecule has 52 valence electrons. The summed E-state index contributed by atoms with van der Waals surface area (Å²) in [6.45, 7) is 5.15. The molecule has 9 heavy (non-hydrogen) atoms. The molecule has 0 aromatic heterocycles. The molecule has 0 aliphatic carbocycles. The van der Waals surface area contributed by atoms with Crippen LogP contribution < -0.4 is 0 Å². The molecular weight excluding hydrogens is 184 g/mol. The second-order valence-electron chi connectivity index (χ2n) is 1.48. The molecule has 0 aliphatic rings. The van der Waals surface area contributed by atoms with E-state index in [1.807, 2.05) is 6.92 Å². The number of halogens is 1. The zero-order valence-electron chi connectivity index (χ0n) is 5.26. The topological polar surface area (TPSA) is 26.3 Å². The van der Waals surface area contributed by atoms with E-state index in [2.05, 4.69) is 27.2 Å². The number of hydrogen-bond acceptors (Lipinski definition) is 2. The maximum absolute atomic E-state index is 10.6. The first-order chi connectivity index (χ1) is 4.22. The molecular formula is C6H9BrO2. The fourth-order valence-electron chi connectivity index (χ4n) is 0.323. The molecule has 0 amide bonds. The first-order valence-corrected chi connectivity index (χ1v) is 3.59. The van der Waals surface area contributed by atoms with Crippen molar-refractivity contribution in [3.8, 4) is 0 Å². The van der Waals surface area contributed by atoms with E-state index in [4.69, 9.17) is 0 Å². The minimum absolute atomic E-state index is 0.199. The second-order valence-corrected chi connectivity index (χ2v) is 2.58. The average molecular weight is 193 g/mol. The number of alkyl halides is 1. The van der Waals surface area contributed by atoms with Gasteiger partial charge in [0.15, 0.2) is 0 Å². The number of esters is 1. The van der Waals surface area contributed by atoms with Gasteiger partial charge in [-0.1, -0.05) is 29.4 Å². The molecule has 0 saturated carbocycles. The van der Waals surface area contributed by atoms with Crippen LogP contribution in [-0.2, 0) is 9.53 Å². The number of carbonyl (C=O) groups is 1. The predicted octanol–water partition coefficient (Wildman–Crippen LogP) is 1.85. The van der Waals surface area contributed by atoms with Crippen molar-refractivity contribution in [3.63, 3.8) is 0 Å². The number of ether oxygens (including phenoxy) is 1. The quantitative estimate of drug-likeness (QED) is 0.388.